The molecule has 0 aliphatic carbocycles. The second-order valence-electron chi connectivity index (χ2n) is 8.17. The van der Waals surface area contributed by atoms with Crippen LogP contribution in [0.4, 0.5) is 20.7 Å². The van der Waals surface area contributed by atoms with Crippen LogP contribution in [-0.2, 0) is 0 Å². The summed E-state index contributed by atoms with van der Waals surface area (Å²) in [5.41, 5.74) is 1.81. The van der Waals surface area contributed by atoms with E-state index >= 15 is 0 Å². The number of halogens is 1. The van der Waals surface area contributed by atoms with E-state index < -0.39 is 6.10 Å². The Morgan fingerprint density at radius 1 is 1.28 bits per heavy atom. The molecule has 0 bridgehead atoms. The van der Waals surface area contributed by atoms with Crippen LogP contribution < -0.4 is 15.0 Å². The van der Waals surface area contributed by atoms with Crippen LogP contribution in [0, 0.1) is 5.82 Å². The number of aliphatic hydroxyl groups is 1. The lowest BCUT2D eigenvalue weighted by atomic mass is 10.0. The summed E-state index contributed by atoms with van der Waals surface area (Å²) in [7, 11) is 1.58. The van der Waals surface area contributed by atoms with Crippen molar-refractivity contribution in [2.75, 3.05) is 37.0 Å². The van der Waals surface area contributed by atoms with E-state index in [0.717, 1.165) is 30.8 Å². The fraction of sp³-hybridized carbons (Fsp3) is 0.409. The minimum Gasteiger partial charge on any atom is -0.496 e. The number of rotatable bonds is 4. The molecule has 2 amide bonds. The zero-order valence-corrected chi connectivity index (χ0v) is 17.7. The molecule has 2 saturated heterocycles. The van der Waals surface area contributed by atoms with Gasteiger partial charge in [0.25, 0.3) is 0 Å². The van der Waals surface area contributed by atoms with E-state index in [2.05, 4.69) is 15.3 Å². The molecule has 2 aliphatic rings. The number of ether oxygens (including phenoxy) is 1. The van der Waals surface area contributed by atoms with Crippen molar-refractivity contribution in [3.8, 4) is 5.75 Å². The third kappa shape index (κ3) is 3.70. The zero-order chi connectivity index (χ0) is 22.2. The zero-order valence-electron chi connectivity index (χ0n) is 17.7. The SMILES string of the molecule is COc1ccc(F)cc1[C@H]1CCCN1c1ccn2ncc(NC(=O)N3CC[C@H](O)C3)c2n1. The molecule has 0 unspecified atom stereocenters. The van der Waals surface area contributed by atoms with Crippen molar-refractivity contribution in [1.82, 2.24) is 19.5 Å². The molecule has 2 aromatic heterocycles. The number of anilines is 2. The molecule has 0 spiro atoms. The molecular weight excluding hydrogens is 415 g/mol. The number of urea groups is 1. The highest BCUT2D eigenvalue weighted by atomic mass is 19.1. The lowest BCUT2D eigenvalue weighted by molar-refractivity contribution is 0.176. The normalized spacial score (nSPS) is 20.8. The molecule has 2 aliphatic heterocycles. The first-order valence-corrected chi connectivity index (χ1v) is 10.7. The molecule has 1 aromatic carbocycles. The van der Waals surface area contributed by atoms with E-state index in [9.17, 15) is 14.3 Å². The van der Waals surface area contributed by atoms with Crippen LogP contribution in [0.2, 0.25) is 0 Å². The van der Waals surface area contributed by atoms with Gasteiger partial charge in [-0.3, -0.25) is 0 Å². The second-order valence-corrected chi connectivity index (χ2v) is 8.17. The summed E-state index contributed by atoms with van der Waals surface area (Å²) in [4.78, 5) is 21.0. The molecule has 0 radical (unpaired) electrons. The van der Waals surface area contributed by atoms with Gasteiger partial charge in [-0.25, -0.2) is 18.7 Å². The van der Waals surface area contributed by atoms with Gasteiger partial charge < -0.3 is 25.0 Å². The summed E-state index contributed by atoms with van der Waals surface area (Å²) >= 11 is 0. The van der Waals surface area contributed by atoms with Crippen LogP contribution in [0.15, 0.2) is 36.7 Å². The molecule has 2 N–H and O–H groups in total. The molecule has 9 nitrogen and oxygen atoms in total. The molecule has 4 heterocycles. The number of nitrogens with zero attached hydrogens (tertiary/aromatic N) is 5. The van der Waals surface area contributed by atoms with E-state index in [-0.39, 0.29) is 17.9 Å². The third-order valence-corrected chi connectivity index (χ3v) is 6.14. The fourth-order valence-electron chi connectivity index (χ4n) is 4.56. The van der Waals surface area contributed by atoms with E-state index in [0.29, 0.717) is 36.6 Å². The highest BCUT2D eigenvalue weighted by Gasteiger charge is 2.30. The van der Waals surface area contributed by atoms with Gasteiger partial charge in [0.1, 0.15) is 23.1 Å². The highest BCUT2D eigenvalue weighted by molar-refractivity contribution is 5.93. The molecule has 5 rings (SSSR count). The van der Waals surface area contributed by atoms with Crippen molar-refractivity contribution >= 4 is 23.2 Å². The number of nitrogens with one attached hydrogen (secondary N) is 1. The van der Waals surface area contributed by atoms with Crippen molar-refractivity contribution in [1.29, 1.82) is 0 Å². The largest absolute Gasteiger partial charge is 0.496 e. The molecule has 10 heteroatoms. The van der Waals surface area contributed by atoms with Gasteiger partial charge in [-0.05, 0) is 43.5 Å². The molecule has 3 aromatic rings. The first kappa shape index (κ1) is 20.5. The summed E-state index contributed by atoms with van der Waals surface area (Å²) in [5, 5.41) is 16.8. The summed E-state index contributed by atoms with van der Waals surface area (Å²) in [6, 6.07) is 6.08. The average Bonchev–Trinajstić information content (AvgIpc) is 3.53. The monoisotopic (exact) mass is 440 g/mol. The minimum absolute atomic E-state index is 0.0670. The first-order chi connectivity index (χ1) is 15.5. The van der Waals surface area contributed by atoms with Crippen LogP contribution in [-0.4, -0.2) is 63.5 Å². The summed E-state index contributed by atoms with van der Waals surface area (Å²) < 4.78 is 21.1. The third-order valence-electron chi connectivity index (χ3n) is 6.14. The van der Waals surface area contributed by atoms with Gasteiger partial charge in [0.2, 0.25) is 0 Å². The smallest absolute Gasteiger partial charge is 0.322 e. The Labute approximate surface area is 184 Å². The predicted octanol–water partition coefficient (Wildman–Crippen LogP) is 2.82. The number of carbonyl (C=O) groups is 1. The number of likely N-dealkylation sites (tertiary alicyclic amines) is 1. The average molecular weight is 440 g/mol. The lowest BCUT2D eigenvalue weighted by Crippen LogP contribution is -2.33. The van der Waals surface area contributed by atoms with E-state index in [1.807, 2.05) is 6.07 Å². The van der Waals surface area contributed by atoms with Crippen molar-refractivity contribution in [3.05, 3.63) is 48.0 Å². The van der Waals surface area contributed by atoms with Gasteiger partial charge in [0.15, 0.2) is 5.65 Å². The number of aromatic nitrogens is 3. The molecule has 32 heavy (non-hydrogen) atoms. The van der Waals surface area contributed by atoms with Gasteiger partial charge in [-0.1, -0.05) is 0 Å². The predicted molar refractivity (Wildman–Crippen MR) is 116 cm³/mol. The van der Waals surface area contributed by atoms with Crippen LogP contribution in [0.3, 0.4) is 0 Å². The van der Waals surface area contributed by atoms with E-state index in [1.54, 1.807) is 35.0 Å². The van der Waals surface area contributed by atoms with Gasteiger partial charge in [0.05, 0.1) is 25.5 Å². The lowest BCUT2D eigenvalue weighted by Gasteiger charge is -2.27. The minimum atomic E-state index is -0.485. The van der Waals surface area contributed by atoms with Crippen LogP contribution >= 0.6 is 0 Å². The quantitative estimate of drug-likeness (QED) is 0.648. The molecule has 2 fully saturated rings. The number of fused-ring (bicyclic) bond motifs is 1. The summed E-state index contributed by atoms with van der Waals surface area (Å²) in [6.45, 7) is 1.60. The van der Waals surface area contributed by atoms with Crippen LogP contribution in [0.5, 0.6) is 5.75 Å². The maximum atomic E-state index is 14.0. The molecular formula is C22H25FN6O3. The molecule has 0 saturated carbocycles. The number of hydrogen-bond acceptors (Lipinski definition) is 6. The Morgan fingerprint density at radius 2 is 2.16 bits per heavy atom. The maximum Gasteiger partial charge on any atom is 0.322 e. The Bertz CT molecular complexity index is 1150. The number of aliphatic hydroxyl groups excluding tert-OH is 1. The van der Waals surface area contributed by atoms with Crippen LogP contribution in [0.25, 0.3) is 5.65 Å². The Hall–Kier alpha value is -3.40. The maximum absolute atomic E-state index is 14.0. The topological polar surface area (TPSA) is 95.2 Å². The van der Waals surface area contributed by atoms with E-state index in [4.69, 9.17) is 9.72 Å². The van der Waals surface area contributed by atoms with E-state index in [1.165, 1.54) is 12.1 Å². The number of carbonyl (C=O) groups excluding carboxylic acids is 1. The Balaban J connectivity index is 1.44. The second kappa shape index (κ2) is 8.27. The number of hydrogen-bond donors (Lipinski definition) is 2. The van der Waals surface area contributed by atoms with Crippen molar-refractivity contribution in [2.24, 2.45) is 0 Å². The van der Waals surface area contributed by atoms with Gasteiger partial charge in [0, 0.05) is 31.4 Å². The van der Waals surface area contributed by atoms with Gasteiger partial charge in [-0.15, -0.1) is 0 Å². The molecule has 2 atom stereocenters. The molecule has 168 valence electrons. The van der Waals surface area contributed by atoms with Crippen LogP contribution in [0.1, 0.15) is 30.9 Å². The Kier molecular flexibility index (Phi) is 5.30. The fourth-order valence-corrected chi connectivity index (χ4v) is 4.56. The number of methoxy groups -OCH3 is 1. The van der Waals surface area contributed by atoms with Crippen molar-refractivity contribution in [2.45, 2.75) is 31.4 Å². The number of benzene rings is 1. The van der Waals surface area contributed by atoms with Crippen molar-refractivity contribution < 1.29 is 19.0 Å². The Morgan fingerprint density at radius 3 is 2.94 bits per heavy atom. The summed E-state index contributed by atoms with van der Waals surface area (Å²) in [5.74, 6) is 1.07. The standard InChI is InChI=1S/C22H25FN6O3/c1-32-19-5-4-14(23)11-16(19)18-3-2-8-28(18)20-7-10-29-21(26-20)17(12-24-29)25-22(31)27-9-6-15(30)13-27/h4-5,7,10-12,15,18,30H,2-3,6,8-9,13H2,1H3,(H,25,31)/t15-,18+/m0/s1. The van der Waals surface area contributed by atoms with Gasteiger partial charge in [-0.2, -0.15) is 5.10 Å². The number of β-amino-alcohol motifs (C(OH)–C–C–N with tert-alkyl or cyclic N) is 1. The first-order valence-electron chi connectivity index (χ1n) is 10.7. The van der Waals surface area contributed by atoms with Gasteiger partial charge >= 0.3 is 6.03 Å². The highest BCUT2D eigenvalue weighted by Crippen LogP contribution is 2.39. The number of amides is 2. The van der Waals surface area contributed by atoms with Crippen molar-refractivity contribution in [3.63, 3.8) is 0 Å². The summed E-state index contributed by atoms with van der Waals surface area (Å²) in [6.07, 6.45) is 5.24.